The normalized spacial score (nSPS) is 12.5. The summed E-state index contributed by atoms with van der Waals surface area (Å²) < 4.78 is 2.18. The van der Waals surface area contributed by atoms with Gasteiger partial charge in [-0.3, -0.25) is 9.59 Å². The highest BCUT2D eigenvalue weighted by atomic mass is 16.2. The largest absolute Gasteiger partial charge is 0.308 e. The molecule has 0 radical (unpaired) electrons. The molecule has 8 aromatic carbocycles. The number of hydrogen-bond acceptors (Lipinski definition) is 2. The van der Waals surface area contributed by atoms with E-state index in [4.69, 9.17) is 0 Å². The van der Waals surface area contributed by atoms with Crippen molar-refractivity contribution in [3.05, 3.63) is 205 Å². The van der Waals surface area contributed by atoms with Gasteiger partial charge >= 0.3 is 0 Å². The number of rotatable bonds is 6. The molecule has 4 heteroatoms. The van der Waals surface area contributed by atoms with Crippen molar-refractivity contribution in [1.29, 1.82) is 0 Å². The van der Waals surface area contributed by atoms with Gasteiger partial charge in [-0.2, -0.15) is 0 Å². The van der Waals surface area contributed by atoms with Crippen LogP contribution in [0.4, 0.5) is 5.69 Å². The highest BCUT2D eigenvalue weighted by Gasteiger charge is 2.40. The second kappa shape index (κ2) is 12.7. The molecular formula is C50H32N2O2. The first-order valence-electron chi connectivity index (χ1n) is 18.1. The number of aromatic nitrogens is 1. The lowest BCUT2D eigenvalue weighted by Gasteiger charge is -2.22. The number of imide groups is 1. The van der Waals surface area contributed by atoms with E-state index < -0.39 is 0 Å². The SMILES string of the molecule is O=C1c2cccc(-n3c4cc(-c5ccccc5)ccc4c4ccc(-c5ccccc5)cc43)c2C(=O)N1c1cccc(-c2ccccc2)c1-c1ccccc1. The van der Waals surface area contributed by atoms with Gasteiger partial charge in [-0.25, -0.2) is 4.90 Å². The van der Waals surface area contributed by atoms with E-state index in [-0.39, 0.29) is 11.8 Å². The lowest BCUT2D eigenvalue weighted by molar-refractivity contribution is 0.0926. The van der Waals surface area contributed by atoms with Gasteiger partial charge in [0.2, 0.25) is 0 Å². The predicted octanol–water partition coefficient (Wildman–Crippen LogP) is 12.3. The maximum absolute atomic E-state index is 15.1. The zero-order chi connectivity index (χ0) is 36.2. The lowest BCUT2D eigenvalue weighted by atomic mass is 9.92. The molecule has 0 bridgehead atoms. The third-order valence-electron chi connectivity index (χ3n) is 10.5. The second-order valence-corrected chi connectivity index (χ2v) is 13.6. The summed E-state index contributed by atoms with van der Waals surface area (Å²) in [5.41, 5.74) is 12.0. The Labute approximate surface area is 312 Å². The predicted molar refractivity (Wildman–Crippen MR) is 220 cm³/mol. The Kier molecular flexibility index (Phi) is 7.41. The average Bonchev–Trinajstić information content (AvgIpc) is 3.71. The molecule has 2 heterocycles. The minimum atomic E-state index is -0.346. The van der Waals surface area contributed by atoms with Gasteiger partial charge in [0.1, 0.15) is 0 Å². The molecule has 4 nitrogen and oxygen atoms in total. The van der Waals surface area contributed by atoms with E-state index in [0.717, 1.165) is 66.3 Å². The molecule has 0 saturated heterocycles. The zero-order valence-electron chi connectivity index (χ0n) is 29.2. The summed E-state index contributed by atoms with van der Waals surface area (Å²) >= 11 is 0. The van der Waals surface area contributed by atoms with E-state index in [1.807, 2.05) is 109 Å². The van der Waals surface area contributed by atoms with E-state index >= 15 is 4.79 Å². The van der Waals surface area contributed by atoms with Crippen LogP contribution in [0.2, 0.25) is 0 Å². The molecule has 0 atom stereocenters. The van der Waals surface area contributed by atoms with Crippen LogP contribution in [0.5, 0.6) is 0 Å². The molecule has 254 valence electrons. The van der Waals surface area contributed by atoms with Gasteiger partial charge < -0.3 is 4.57 Å². The van der Waals surface area contributed by atoms with Gasteiger partial charge in [-0.1, -0.05) is 164 Å². The van der Waals surface area contributed by atoms with Gasteiger partial charge in [0.15, 0.2) is 0 Å². The van der Waals surface area contributed by atoms with Crippen LogP contribution < -0.4 is 4.90 Å². The fourth-order valence-electron chi connectivity index (χ4n) is 8.06. The van der Waals surface area contributed by atoms with Crippen LogP contribution in [0.1, 0.15) is 20.7 Å². The molecule has 2 amide bonds. The molecule has 54 heavy (non-hydrogen) atoms. The first-order valence-corrected chi connectivity index (χ1v) is 18.1. The molecule has 1 aliphatic rings. The standard InChI is InChI=1S/C50H32N2O2/c53-49-42-24-14-26-44(48(42)50(54)52(49)43-25-13-23-39(35-19-9-3-10-20-35)47(43)36-21-11-4-12-22-36)51-45-31-37(33-15-5-1-6-16-33)27-29-40(45)41-30-28-38(32-46(41)51)34-17-7-2-8-18-34/h1-32H. The number of amides is 2. The Morgan fingerprint density at radius 1 is 0.315 bits per heavy atom. The Morgan fingerprint density at radius 3 is 1.31 bits per heavy atom. The van der Waals surface area contributed by atoms with Gasteiger partial charge in [0.05, 0.1) is 33.5 Å². The van der Waals surface area contributed by atoms with Crippen molar-refractivity contribution in [2.75, 3.05) is 4.90 Å². The van der Waals surface area contributed by atoms with E-state index in [1.54, 1.807) is 6.07 Å². The number of carbonyl (C=O) groups excluding carboxylic acids is 2. The summed E-state index contributed by atoms with van der Waals surface area (Å²) in [4.78, 5) is 31.1. The molecule has 0 spiro atoms. The Morgan fingerprint density at radius 2 is 0.778 bits per heavy atom. The van der Waals surface area contributed by atoms with Crippen LogP contribution in [0.3, 0.4) is 0 Å². The molecule has 1 aromatic heterocycles. The molecule has 10 rings (SSSR count). The van der Waals surface area contributed by atoms with E-state index in [9.17, 15) is 4.79 Å². The van der Waals surface area contributed by atoms with Gasteiger partial charge in [0, 0.05) is 16.3 Å². The van der Waals surface area contributed by atoms with Crippen LogP contribution in [0.25, 0.3) is 72.0 Å². The Bertz CT molecular complexity index is 2800. The number of hydrogen-bond donors (Lipinski definition) is 0. The minimum Gasteiger partial charge on any atom is -0.308 e. The zero-order valence-corrected chi connectivity index (χ0v) is 29.2. The summed E-state index contributed by atoms with van der Waals surface area (Å²) in [5.74, 6) is -0.684. The van der Waals surface area contributed by atoms with Crippen molar-refractivity contribution in [1.82, 2.24) is 4.57 Å². The highest BCUT2D eigenvalue weighted by molar-refractivity contribution is 6.37. The number of fused-ring (bicyclic) bond motifs is 4. The van der Waals surface area contributed by atoms with Crippen molar-refractivity contribution >= 4 is 39.3 Å². The lowest BCUT2D eigenvalue weighted by Crippen LogP contribution is -2.30. The summed E-state index contributed by atoms with van der Waals surface area (Å²) in [6, 6.07) is 65.3. The first kappa shape index (κ1) is 31.4. The molecule has 0 N–H and O–H groups in total. The Hall–Kier alpha value is -7.30. The third kappa shape index (κ3) is 5.00. The molecule has 0 aliphatic carbocycles. The maximum Gasteiger partial charge on any atom is 0.268 e. The van der Waals surface area contributed by atoms with Crippen LogP contribution in [0.15, 0.2) is 194 Å². The Balaban J connectivity index is 1.21. The van der Waals surface area contributed by atoms with Crippen LogP contribution in [-0.4, -0.2) is 16.4 Å². The molecule has 0 unspecified atom stereocenters. The summed E-state index contributed by atoms with van der Waals surface area (Å²) in [7, 11) is 0. The molecule has 0 saturated carbocycles. The van der Waals surface area contributed by atoms with E-state index in [1.165, 1.54) is 4.90 Å². The van der Waals surface area contributed by atoms with Crippen molar-refractivity contribution in [3.8, 4) is 50.2 Å². The monoisotopic (exact) mass is 692 g/mol. The van der Waals surface area contributed by atoms with E-state index in [2.05, 4.69) is 83.4 Å². The fourth-order valence-corrected chi connectivity index (χ4v) is 8.06. The van der Waals surface area contributed by atoms with E-state index in [0.29, 0.717) is 22.5 Å². The van der Waals surface area contributed by atoms with Crippen molar-refractivity contribution in [2.24, 2.45) is 0 Å². The summed E-state index contributed by atoms with van der Waals surface area (Å²) in [6.07, 6.45) is 0. The second-order valence-electron chi connectivity index (χ2n) is 13.6. The quantitative estimate of drug-likeness (QED) is 0.163. The number of carbonyl (C=O) groups is 2. The third-order valence-corrected chi connectivity index (χ3v) is 10.5. The van der Waals surface area contributed by atoms with Crippen molar-refractivity contribution < 1.29 is 9.59 Å². The minimum absolute atomic E-state index is 0.338. The van der Waals surface area contributed by atoms with Crippen molar-refractivity contribution in [2.45, 2.75) is 0 Å². The molecule has 0 fully saturated rings. The molecule has 1 aliphatic heterocycles. The van der Waals surface area contributed by atoms with Crippen LogP contribution in [0, 0.1) is 0 Å². The highest BCUT2D eigenvalue weighted by Crippen LogP contribution is 2.44. The summed E-state index contributed by atoms with van der Waals surface area (Å²) in [6.45, 7) is 0. The average molecular weight is 693 g/mol. The van der Waals surface area contributed by atoms with Gasteiger partial charge in [-0.15, -0.1) is 0 Å². The fraction of sp³-hybridized carbons (Fsp3) is 0. The molecular weight excluding hydrogens is 661 g/mol. The van der Waals surface area contributed by atoms with Crippen molar-refractivity contribution in [3.63, 3.8) is 0 Å². The maximum atomic E-state index is 15.1. The smallest absolute Gasteiger partial charge is 0.268 e. The van der Waals surface area contributed by atoms with Gasteiger partial charge in [-0.05, 0) is 69.3 Å². The summed E-state index contributed by atoms with van der Waals surface area (Å²) in [5, 5.41) is 2.13. The topological polar surface area (TPSA) is 42.3 Å². The molecule has 9 aromatic rings. The first-order chi connectivity index (χ1) is 26.7. The van der Waals surface area contributed by atoms with Gasteiger partial charge in [0.25, 0.3) is 11.8 Å². The number of nitrogens with zero attached hydrogens (tertiary/aromatic N) is 2. The number of benzene rings is 8. The number of anilines is 1. The van der Waals surface area contributed by atoms with Crippen LogP contribution in [-0.2, 0) is 0 Å². The van der Waals surface area contributed by atoms with Crippen LogP contribution >= 0.6 is 0 Å².